The average molecular weight is 285 g/mol. The number of fused-ring (bicyclic) bond motifs is 1. The smallest absolute Gasteiger partial charge is 0.152 e. The van der Waals surface area contributed by atoms with Crippen molar-refractivity contribution in [1.29, 1.82) is 0 Å². The monoisotopic (exact) mass is 285 g/mol. The lowest BCUT2D eigenvalue weighted by Gasteiger charge is -2.01. The predicted molar refractivity (Wildman–Crippen MR) is 80.9 cm³/mol. The van der Waals surface area contributed by atoms with Crippen LogP contribution in [0.5, 0.6) is 0 Å². The van der Waals surface area contributed by atoms with Gasteiger partial charge in [0.2, 0.25) is 0 Å². The minimum Gasteiger partial charge on any atom is -0.354 e. The van der Waals surface area contributed by atoms with Crippen molar-refractivity contribution in [2.75, 3.05) is 6.26 Å². The molecule has 4 heteroatoms. The largest absolute Gasteiger partial charge is 0.354 e. The Balaban J connectivity index is 2.21. The Bertz CT molecular complexity index is 777. The van der Waals surface area contributed by atoms with Crippen LogP contribution >= 0.6 is 11.8 Å². The lowest BCUT2D eigenvalue weighted by Crippen LogP contribution is -1.84. The number of carbonyl (C=O) groups excluding carboxylic acids is 1. The molecule has 20 heavy (non-hydrogen) atoms. The molecule has 1 heterocycles. The maximum Gasteiger partial charge on any atom is 0.152 e. The van der Waals surface area contributed by atoms with Gasteiger partial charge in [0.05, 0.1) is 5.69 Å². The molecule has 0 atom stereocenters. The molecule has 0 fully saturated rings. The molecule has 1 aromatic heterocycles. The molecule has 0 aliphatic heterocycles. The van der Waals surface area contributed by atoms with Crippen LogP contribution in [0.3, 0.4) is 0 Å². The Labute approximate surface area is 120 Å². The van der Waals surface area contributed by atoms with Gasteiger partial charge in [-0.05, 0) is 42.2 Å². The first-order chi connectivity index (χ1) is 9.72. The fourth-order valence-corrected chi connectivity index (χ4v) is 2.70. The molecule has 0 aliphatic rings. The van der Waals surface area contributed by atoms with Crippen LogP contribution in [0.1, 0.15) is 10.4 Å². The minimum absolute atomic E-state index is 0.344. The topological polar surface area (TPSA) is 32.9 Å². The molecule has 1 N–H and O–H groups in total. The third-order valence-electron chi connectivity index (χ3n) is 3.30. The number of halogens is 1. The number of nitrogens with one attached hydrogen (secondary N) is 1. The van der Waals surface area contributed by atoms with Gasteiger partial charge in [0.15, 0.2) is 6.29 Å². The zero-order valence-electron chi connectivity index (χ0n) is 10.8. The van der Waals surface area contributed by atoms with Gasteiger partial charge in [-0.1, -0.05) is 12.1 Å². The van der Waals surface area contributed by atoms with Gasteiger partial charge < -0.3 is 4.98 Å². The summed E-state index contributed by atoms with van der Waals surface area (Å²) in [6, 6.07) is 12.3. The van der Waals surface area contributed by atoms with Gasteiger partial charge in [-0.2, -0.15) is 0 Å². The molecular weight excluding hydrogens is 273 g/mol. The number of H-pyrrole nitrogens is 1. The molecule has 3 rings (SSSR count). The zero-order valence-corrected chi connectivity index (χ0v) is 11.6. The maximum absolute atomic E-state index is 13.3. The highest BCUT2D eigenvalue weighted by molar-refractivity contribution is 7.98. The van der Waals surface area contributed by atoms with Crippen LogP contribution in [0.4, 0.5) is 4.39 Å². The van der Waals surface area contributed by atoms with Gasteiger partial charge >= 0.3 is 0 Å². The summed E-state index contributed by atoms with van der Waals surface area (Å²) in [5, 5.41) is 0.615. The first kappa shape index (κ1) is 12.9. The molecule has 0 spiro atoms. The molecular formula is C16H12FNOS. The van der Waals surface area contributed by atoms with Crippen molar-refractivity contribution >= 4 is 29.0 Å². The van der Waals surface area contributed by atoms with Crippen molar-refractivity contribution in [3.63, 3.8) is 0 Å². The van der Waals surface area contributed by atoms with E-state index in [1.807, 2.05) is 30.5 Å². The van der Waals surface area contributed by atoms with Crippen molar-refractivity contribution in [3.8, 4) is 11.3 Å². The maximum atomic E-state index is 13.3. The average Bonchev–Trinajstić information content (AvgIpc) is 2.85. The van der Waals surface area contributed by atoms with Gasteiger partial charge in [-0.25, -0.2) is 4.39 Å². The van der Waals surface area contributed by atoms with Crippen LogP contribution in [0.2, 0.25) is 0 Å². The van der Waals surface area contributed by atoms with E-state index in [2.05, 4.69) is 4.98 Å². The normalized spacial score (nSPS) is 10.9. The highest BCUT2D eigenvalue weighted by Crippen LogP contribution is 2.30. The zero-order chi connectivity index (χ0) is 14.1. The van der Waals surface area contributed by atoms with Crippen molar-refractivity contribution in [3.05, 3.63) is 53.8 Å². The number of hydrogen-bond donors (Lipinski definition) is 1. The highest BCUT2D eigenvalue weighted by Gasteiger charge is 2.13. The van der Waals surface area contributed by atoms with E-state index in [1.54, 1.807) is 17.8 Å². The van der Waals surface area contributed by atoms with Crippen LogP contribution in [0.25, 0.3) is 22.2 Å². The summed E-state index contributed by atoms with van der Waals surface area (Å²) in [6.07, 6.45) is 2.79. The van der Waals surface area contributed by atoms with E-state index in [4.69, 9.17) is 0 Å². The summed E-state index contributed by atoms with van der Waals surface area (Å²) < 4.78 is 13.3. The minimum atomic E-state index is -0.344. The summed E-state index contributed by atoms with van der Waals surface area (Å²) in [7, 11) is 0. The second-order valence-corrected chi connectivity index (χ2v) is 5.33. The number of thioether (sulfide) groups is 1. The fourth-order valence-electron chi connectivity index (χ4n) is 2.29. The Hall–Kier alpha value is -2.07. The molecule has 100 valence electrons. The third kappa shape index (κ3) is 2.12. The van der Waals surface area contributed by atoms with Crippen LogP contribution in [0.15, 0.2) is 47.4 Å². The van der Waals surface area contributed by atoms with Crippen LogP contribution in [0, 0.1) is 5.82 Å². The Morgan fingerprint density at radius 3 is 2.55 bits per heavy atom. The number of aromatic nitrogens is 1. The van der Waals surface area contributed by atoms with E-state index in [9.17, 15) is 9.18 Å². The van der Waals surface area contributed by atoms with E-state index in [0.717, 1.165) is 28.0 Å². The van der Waals surface area contributed by atoms with Crippen LogP contribution in [-0.2, 0) is 0 Å². The summed E-state index contributed by atoms with van der Waals surface area (Å²) in [6.45, 7) is 0. The standard InChI is InChI=1S/C16H12FNOS/c1-20-12-5-2-10(3-6-12)16-14(9-19)13-8-11(17)4-7-15(13)18-16/h2-9,18H,1H3. The summed E-state index contributed by atoms with van der Waals surface area (Å²) in [4.78, 5) is 15.7. The lowest BCUT2D eigenvalue weighted by atomic mass is 10.1. The molecule has 2 aromatic carbocycles. The molecule has 0 aliphatic carbocycles. The van der Waals surface area contributed by atoms with E-state index in [1.165, 1.54) is 12.1 Å². The molecule has 0 unspecified atom stereocenters. The second kappa shape index (κ2) is 5.13. The van der Waals surface area contributed by atoms with Gasteiger partial charge in [0, 0.05) is 21.4 Å². The van der Waals surface area contributed by atoms with Crippen LogP contribution in [-0.4, -0.2) is 17.5 Å². The Kier molecular flexibility index (Phi) is 3.32. The molecule has 0 saturated heterocycles. The molecule has 0 amide bonds. The second-order valence-electron chi connectivity index (χ2n) is 4.45. The number of aromatic amines is 1. The molecule has 0 radical (unpaired) electrons. The number of rotatable bonds is 3. The van der Waals surface area contributed by atoms with Gasteiger partial charge in [-0.3, -0.25) is 4.79 Å². The van der Waals surface area contributed by atoms with E-state index in [-0.39, 0.29) is 5.82 Å². The molecule has 2 nitrogen and oxygen atoms in total. The number of benzene rings is 2. The SMILES string of the molecule is CSc1ccc(-c2[nH]c3ccc(F)cc3c2C=O)cc1. The van der Waals surface area contributed by atoms with E-state index >= 15 is 0 Å². The van der Waals surface area contributed by atoms with Crippen molar-refractivity contribution < 1.29 is 9.18 Å². The highest BCUT2D eigenvalue weighted by atomic mass is 32.2. The number of hydrogen-bond acceptors (Lipinski definition) is 2. The van der Waals surface area contributed by atoms with Crippen molar-refractivity contribution in [1.82, 2.24) is 4.98 Å². The summed E-state index contributed by atoms with van der Waals surface area (Å²) in [5.41, 5.74) is 2.91. The molecule has 0 bridgehead atoms. The fraction of sp³-hybridized carbons (Fsp3) is 0.0625. The van der Waals surface area contributed by atoms with Crippen molar-refractivity contribution in [2.24, 2.45) is 0 Å². The van der Waals surface area contributed by atoms with Crippen LogP contribution < -0.4 is 0 Å². The Morgan fingerprint density at radius 1 is 1.15 bits per heavy atom. The summed E-state index contributed by atoms with van der Waals surface area (Å²) >= 11 is 1.66. The van der Waals surface area contributed by atoms with E-state index < -0.39 is 0 Å². The molecule has 0 saturated carbocycles. The van der Waals surface area contributed by atoms with E-state index in [0.29, 0.717) is 10.9 Å². The third-order valence-corrected chi connectivity index (χ3v) is 4.04. The summed E-state index contributed by atoms with van der Waals surface area (Å²) in [5.74, 6) is -0.344. The van der Waals surface area contributed by atoms with Gasteiger partial charge in [0.25, 0.3) is 0 Å². The van der Waals surface area contributed by atoms with Crippen molar-refractivity contribution in [2.45, 2.75) is 4.90 Å². The number of aldehydes is 1. The number of carbonyl (C=O) groups is 1. The van der Waals surface area contributed by atoms with Gasteiger partial charge in [0.1, 0.15) is 5.82 Å². The first-order valence-electron chi connectivity index (χ1n) is 6.14. The first-order valence-corrected chi connectivity index (χ1v) is 7.36. The van der Waals surface area contributed by atoms with Gasteiger partial charge in [-0.15, -0.1) is 11.8 Å². The Morgan fingerprint density at radius 2 is 1.90 bits per heavy atom. The lowest BCUT2D eigenvalue weighted by molar-refractivity contribution is 0.112. The molecule has 3 aromatic rings. The quantitative estimate of drug-likeness (QED) is 0.567. The predicted octanol–water partition coefficient (Wildman–Crippen LogP) is 4.51.